The molecule has 106 valence electrons. The third-order valence-electron chi connectivity index (χ3n) is 3.33. The molecule has 1 aromatic rings. The quantitative estimate of drug-likeness (QED) is 0.878. The predicted octanol–water partition coefficient (Wildman–Crippen LogP) is 4.00. The molecule has 0 radical (unpaired) electrons. The van der Waals surface area contributed by atoms with Crippen LogP contribution < -0.4 is 0 Å². The molecule has 0 spiro atoms. The van der Waals surface area contributed by atoms with E-state index in [4.69, 9.17) is 5.11 Å². The van der Waals surface area contributed by atoms with Crippen molar-refractivity contribution in [2.75, 3.05) is 0 Å². The van der Waals surface area contributed by atoms with E-state index in [1.165, 1.54) is 0 Å². The number of hydrogen-bond acceptors (Lipinski definition) is 1. The number of carboxylic acid groups (broad SMARTS) is 1. The molecule has 1 N–H and O–H groups in total. The fourth-order valence-corrected chi connectivity index (χ4v) is 2.26. The van der Waals surface area contributed by atoms with Crippen molar-refractivity contribution < 1.29 is 18.7 Å². The van der Waals surface area contributed by atoms with Gasteiger partial charge >= 0.3 is 11.9 Å². The van der Waals surface area contributed by atoms with Gasteiger partial charge in [0.2, 0.25) is 0 Å². The summed E-state index contributed by atoms with van der Waals surface area (Å²) in [6.45, 7) is 4.96. The Morgan fingerprint density at radius 1 is 1.21 bits per heavy atom. The second-order valence-corrected chi connectivity index (χ2v) is 5.87. The standard InChI is InChI=1S/C15H20F2O2/c1-14(2,3)12(15(16,17)13(18)19)10-9-11-7-5-4-6-8-11/h4-8,12H,9-10H2,1-3H3,(H,18,19). The average Bonchev–Trinajstić information content (AvgIpc) is 2.28. The summed E-state index contributed by atoms with van der Waals surface area (Å²) < 4.78 is 27.6. The first-order valence-corrected chi connectivity index (χ1v) is 6.31. The fraction of sp³-hybridized carbons (Fsp3) is 0.533. The molecule has 0 saturated heterocycles. The Bertz CT molecular complexity index is 422. The van der Waals surface area contributed by atoms with Crippen LogP contribution in [-0.4, -0.2) is 17.0 Å². The summed E-state index contributed by atoms with van der Waals surface area (Å²) in [5, 5.41) is 8.72. The Morgan fingerprint density at radius 3 is 2.16 bits per heavy atom. The lowest BCUT2D eigenvalue weighted by molar-refractivity contribution is -0.181. The summed E-state index contributed by atoms with van der Waals surface area (Å²) in [5.74, 6) is -6.94. The molecular formula is C15H20F2O2. The molecule has 0 aliphatic rings. The van der Waals surface area contributed by atoms with Crippen molar-refractivity contribution in [2.45, 2.75) is 39.5 Å². The molecule has 1 atom stereocenters. The molecule has 1 unspecified atom stereocenters. The third kappa shape index (κ3) is 4.01. The van der Waals surface area contributed by atoms with E-state index in [1.54, 1.807) is 20.8 Å². The number of halogens is 2. The van der Waals surface area contributed by atoms with E-state index in [9.17, 15) is 13.6 Å². The van der Waals surface area contributed by atoms with Crippen LogP contribution in [0.5, 0.6) is 0 Å². The summed E-state index contributed by atoms with van der Waals surface area (Å²) in [6.07, 6.45) is 0.596. The van der Waals surface area contributed by atoms with Crippen LogP contribution in [0.25, 0.3) is 0 Å². The van der Waals surface area contributed by atoms with Gasteiger partial charge < -0.3 is 5.11 Å². The third-order valence-corrected chi connectivity index (χ3v) is 3.33. The summed E-state index contributed by atoms with van der Waals surface area (Å²) in [5.41, 5.74) is 0.175. The van der Waals surface area contributed by atoms with E-state index in [2.05, 4.69) is 0 Å². The predicted molar refractivity (Wildman–Crippen MR) is 70.3 cm³/mol. The highest BCUT2D eigenvalue weighted by atomic mass is 19.3. The van der Waals surface area contributed by atoms with E-state index in [1.807, 2.05) is 30.3 Å². The van der Waals surface area contributed by atoms with Crippen molar-refractivity contribution in [1.82, 2.24) is 0 Å². The second-order valence-electron chi connectivity index (χ2n) is 5.87. The van der Waals surface area contributed by atoms with E-state index in [0.29, 0.717) is 6.42 Å². The lowest BCUT2D eigenvalue weighted by Gasteiger charge is -2.34. The van der Waals surface area contributed by atoms with Crippen molar-refractivity contribution in [3.05, 3.63) is 35.9 Å². The zero-order chi connectivity index (χ0) is 14.7. The zero-order valence-corrected chi connectivity index (χ0v) is 11.5. The number of carbonyl (C=O) groups is 1. The first-order valence-electron chi connectivity index (χ1n) is 6.31. The van der Waals surface area contributed by atoms with Gasteiger partial charge in [-0.25, -0.2) is 4.79 Å². The maximum atomic E-state index is 13.8. The molecule has 4 heteroatoms. The topological polar surface area (TPSA) is 37.3 Å². The number of rotatable bonds is 5. The zero-order valence-electron chi connectivity index (χ0n) is 11.5. The highest BCUT2D eigenvalue weighted by Crippen LogP contribution is 2.41. The summed E-state index contributed by atoms with van der Waals surface area (Å²) in [4.78, 5) is 10.8. The van der Waals surface area contributed by atoms with Gasteiger partial charge in [0.1, 0.15) is 0 Å². The number of alkyl halides is 2. The first-order chi connectivity index (χ1) is 8.65. The maximum Gasteiger partial charge on any atom is 0.374 e. The molecule has 2 nitrogen and oxygen atoms in total. The highest BCUT2D eigenvalue weighted by Gasteiger charge is 2.51. The molecule has 0 bridgehead atoms. The molecule has 1 aromatic carbocycles. The number of aryl methyl sites for hydroxylation is 1. The Hall–Kier alpha value is -1.45. The summed E-state index contributed by atoms with van der Waals surface area (Å²) >= 11 is 0. The van der Waals surface area contributed by atoms with Crippen LogP contribution >= 0.6 is 0 Å². The molecule has 0 fully saturated rings. The normalized spacial score (nSPS) is 14.2. The van der Waals surface area contributed by atoms with Gasteiger partial charge in [-0.1, -0.05) is 51.1 Å². The van der Waals surface area contributed by atoms with Crippen molar-refractivity contribution in [1.29, 1.82) is 0 Å². The van der Waals surface area contributed by atoms with Crippen molar-refractivity contribution in [3.8, 4) is 0 Å². The lowest BCUT2D eigenvalue weighted by Crippen LogP contribution is -2.44. The molecule has 0 aromatic heterocycles. The Kier molecular flexibility index (Phi) is 4.66. The molecule has 0 amide bonds. The van der Waals surface area contributed by atoms with Gasteiger partial charge in [-0.3, -0.25) is 0 Å². The van der Waals surface area contributed by atoms with Crippen molar-refractivity contribution in [2.24, 2.45) is 11.3 Å². The summed E-state index contributed by atoms with van der Waals surface area (Å²) in [6, 6.07) is 9.27. The van der Waals surface area contributed by atoms with E-state index in [0.717, 1.165) is 5.56 Å². The highest BCUT2D eigenvalue weighted by molar-refractivity contribution is 5.75. The SMILES string of the molecule is CC(C)(C)C(CCc1ccccc1)C(F)(F)C(=O)O. The smallest absolute Gasteiger partial charge is 0.374 e. The molecular weight excluding hydrogens is 250 g/mol. The van der Waals surface area contributed by atoms with Crippen molar-refractivity contribution >= 4 is 5.97 Å². The molecule has 0 heterocycles. The van der Waals surface area contributed by atoms with Crippen LogP contribution in [0.4, 0.5) is 8.78 Å². The molecule has 0 aliphatic heterocycles. The lowest BCUT2D eigenvalue weighted by atomic mass is 9.73. The fourth-order valence-electron chi connectivity index (χ4n) is 2.26. The summed E-state index contributed by atoms with van der Waals surface area (Å²) in [7, 11) is 0. The van der Waals surface area contributed by atoms with Crippen LogP contribution in [0, 0.1) is 11.3 Å². The monoisotopic (exact) mass is 270 g/mol. The van der Waals surface area contributed by atoms with Gasteiger partial charge in [-0.15, -0.1) is 0 Å². The molecule has 0 saturated carbocycles. The van der Waals surface area contributed by atoms with Gasteiger partial charge in [0.25, 0.3) is 0 Å². The largest absolute Gasteiger partial charge is 0.477 e. The first kappa shape index (κ1) is 15.6. The minimum atomic E-state index is -3.70. The second kappa shape index (κ2) is 5.68. The number of aliphatic carboxylic acids is 1. The molecule has 1 rings (SSSR count). The van der Waals surface area contributed by atoms with E-state index < -0.39 is 23.2 Å². The number of benzene rings is 1. The van der Waals surface area contributed by atoms with Gasteiger partial charge in [0, 0.05) is 5.92 Å². The Morgan fingerprint density at radius 2 is 1.74 bits per heavy atom. The minimum Gasteiger partial charge on any atom is -0.477 e. The minimum absolute atomic E-state index is 0.146. The Balaban J connectivity index is 2.86. The van der Waals surface area contributed by atoms with E-state index >= 15 is 0 Å². The molecule has 0 aliphatic carbocycles. The van der Waals surface area contributed by atoms with Crippen LogP contribution in [0.1, 0.15) is 32.8 Å². The average molecular weight is 270 g/mol. The molecule has 19 heavy (non-hydrogen) atoms. The van der Waals surface area contributed by atoms with Crippen LogP contribution in [0.3, 0.4) is 0 Å². The van der Waals surface area contributed by atoms with Crippen LogP contribution in [0.15, 0.2) is 30.3 Å². The number of hydrogen-bond donors (Lipinski definition) is 1. The van der Waals surface area contributed by atoms with Gasteiger partial charge in [-0.05, 0) is 23.8 Å². The maximum absolute atomic E-state index is 13.8. The number of carboxylic acids is 1. The van der Waals surface area contributed by atoms with E-state index in [-0.39, 0.29) is 6.42 Å². The van der Waals surface area contributed by atoms with Crippen molar-refractivity contribution in [3.63, 3.8) is 0 Å². The van der Waals surface area contributed by atoms with Gasteiger partial charge in [-0.2, -0.15) is 8.78 Å². The Labute approximate surface area is 112 Å². The van der Waals surface area contributed by atoms with Crippen LogP contribution in [-0.2, 0) is 11.2 Å². The van der Waals surface area contributed by atoms with Crippen LogP contribution in [0.2, 0.25) is 0 Å². The van der Waals surface area contributed by atoms with Gasteiger partial charge in [0.05, 0.1) is 0 Å². The van der Waals surface area contributed by atoms with Gasteiger partial charge in [0.15, 0.2) is 0 Å².